The van der Waals surface area contributed by atoms with E-state index in [1.165, 1.54) is 16.1 Å². The molecule has 0 spiro atoms. The fourth-order valence-electron chi connectivity index (χ4n) is 3.75. The number of phenolic OH excluding ortho intramolecular Hbond substituents is 1. The summed E-state index contributed by atoms with van der Waals surface area (Å²) in [5, 5.41) is 18.5. The molecule has 0 atom stereocenters. The second-order valence-corrected chi connectivity index (χ2v) is 7.81. The lowest BCUT2D eigenvalue weighted by Gasteiger charge is -2.14. The molecule has 0 unspecified atom stereocenters. The molecule has 8 heteroatoms. The van der Waals surface area contributed by atoms with Crippen LogP contribution in [0.2, 0.25) is 0 Å². The molecular formula is C26H23N3O5. The third kappa shape index (κ3) is 4.97. The number of benzene rings is 3. The van der Waals surface area contributed by atoms with Gasteiger partial charge in [0.1, 0.15) is 5.75 Å². The van der Waals surface area contributed by atoms with Gasteiger partial charge in [0.05, 0.1) is 17.4 Å². The van der Waals surface area contributed by atoms with Gasteiger partial charge in [0.2, 0.25) is 0 Å². The highest BCUT2D eigenvalue weighted by Gasteiger charge is 2.13. The number of carbonyl (C=O) groups is 1. The Morgan fingerprint density at radius 1 is 0.882 bits per heavy atom. The quantitative estimate of drug-likeness (QED) is 0.224. The number of nitrogens with one attached hydrogen (secondary N) is 1. The average Bonchev–Trinajstić information content (AvgIpc) is 2.86. The molecule has 1 heterocycles. The zero-order chi connectivity index (χ0) is 24.1. The van der Waals surface area contributed by atoms with Gasteiger partial charge in [-0.1, -0.05) is 48.5 Å². The number of aryl methyl sites for hydroxylation is 1. The van der Waals surface area contributed by atoms with Crippen molar-refractivity contribution in [3.05, 3.63) is 116 Å². The fourth-order valence-corrected chi connectivity index (χ4v) is 3.75. The number of hydrogen-bond donors (Lipinski definition) is 3. The van der Waals surface area contributed by atoms with E-state index in [1.54, 1.807) is 71.3 Å². The van der Waals surface area contributed by atoms with Crippen molar-refractivity contribution in [1.82, 2.24) is 14.6 Å². The van der Waals surface area contributed by atoms with E-state index in [-0.39, 0.29) is 24.4 Å². The molecule has 0 fully saturated rings. The smallest absolute Gasteiger partial charge is 0.331 e. The lowest BCUT2D eigenvalue weighted by atomic mass is 10.1. The van der Waals surface area contributed by atoms with Crippen LogP contribution in [-0.4, -0.2) is 25.4 Å². The number of amides is 1. The summed E-state index contributed by atoms with van der Waals surface area (Å²) in [7, 11) is 0. The fraction of sp³-hybridized carbons (Fsp3) is 0.115. The van der Waals surface area contributed by atoms with Gasteiger partial charge in [0.25, 0.3) is 11.5 Å². The number of fused-ring (bicyclic) bond motifs is 1. The van der Waals surface area contributed by atoms with E-state index < -0.39 is 11.6 Å². The maximum atomic E-state index is 13.4. The number of rotatable bonds is 7. The first-order chi connectivity index (χ1) is 16.5. The number of hydrogen-bond acceptors (Lipinski definition) is 5. The lowest BCUT2D eigenvalue weighted by Crippen LogP contribution is -2.40. The highest BCUT2D eigenvalue weighted by Crippen LogP contribution is 2.13. The number of para-hydroxylation sites is 1. The first kappa shape index (κ1) is 22.8. The molecule has 3 aromatic carbocycles. The van der Waals surface area contributed by atoms with Crippen LogP contribution >= 0.6 is 0 Å². The number of carbonyl (C=O) groups excluding carboxylic acids is 1. The first-order valence-electron chi connectivity index (χ1n) is 10.7. The van der Waals surface area contributed by atoms with E-state index in [9.17, 15) is 19.5 Å². The molecule has 4 rings (SSSR count). The van der Waals surface area contributed by atoms with Gasteiger partial charge in [-0.05, 0) is 53.5 Å². The number of aromatic nitrogens is 2. The second kappa shape index (κ2) is 10.0. The second-order valence-electron chi connectivity index (χ2n) is 7.81. The molecule has 3 N–H and O–H groups in total. The molecule has 0 bridgehead atoms. The van der Waals surface area contributed by atoms with E-state index in [0.717, 1.165) is 16.7 Å². The van der Waals surface area contributed by atoms with E-state index in [0.29, 0.717) is 17.3 Å². The van der Waals surface area contributed by atoms with Gasteiger partial charge in [-0.3, -0.25) is 23.9 Å². The van der Waals surface area contributed by atoms with Gasteiger partial charge < -0.3 is 5.11 Å². The number of hydroxylamine groups is 1. The molecule has 0 aliphatic heterocycles. The standard InChI is InChI=1S/C26H23N3O5/c30-21-12-9-19(10-13-21)15-16-28-25(32)22-3-1-2-4-23(22)29(26(28)33)17-20-7-5-18(6-8-20)11-14-24(31)27-34/h1-14,30,34H,15-17H2,(H,27,31). The lowest BCUT2D eigenvalue weighted by molar-refractivity contribution is -0.124. The molecule has 1 aromatic heterocycles. The van der Waals surface area contributed by atoms with Crippen LogP contribution in [-0.2, 0) is 24.3 Å². The number of nitrogens with zero attached hydrogens (tertiary/aromatic N) is 2. The van der Waals surface area contributed by atoms with Crippen molar-refractivity contribution in [2.24, 2.45) is 0 Å². The van der Waals surface area contributed by atoms with Crippen LogP contribution in [0.1, 0.15) is 16.7 Å². The summed E-state index contributed by atoms with van der Waals surface area (Å²) in [6.45, 7) is 0.476. The van der Waals surface area contributed by atoms with Crippen LogP contribution < -0.4 is 16.7 Å². The van der Waals surface area contributed by atoms with E-state index in [1.807, 2.05) is 12.1 Å². The SMILES string of the molecule is O=C(C=Cc1ccc(Cn2c(=O)n(CCc3ccc(O)cc3)c(=O)c3ccccc32)cc1)NO. The van der Waals surface area contributed by atoms with Crippen molar-refractivity contribution in [2.45, 2.75) is 19.5 Å². The largest absolute Gasteiger partial charge is 0.508 e. The normalized spacial score (nSPS) is 11.2. The van der Waals surface area contributed by atoms with E-state index in [4.69, 9.17) is 5.21 Å². The Labute approximate surface area is 194 Å². The molecule has 34 heavy (non-hydrogen) atoms. The minimum Gasteiger partial charge on any atom is -0.508 e. The molecule has 4 aromatic rings. The van der Waals surface area contributed by atoms with Gasteiger partial charge >= 0.3 is 5.69 Å². The molecule has 172 valence electrons. The Morgan fingerprint density at radius 3 is 2.26 bits per heavy atom. The third-order valence-corrected chi connectivity index (χ3v) is 5.55. The maximum Gasteiger partial charge on any atom is 0.331 e. The Kier molecular flexibility index (Phi) is 6.70. The maximum absolute atomic E-state index is 13.4. The van der Waals surface area contributed by atoms with Crippen LogP contribution in [0.25, 0.3) is 17.0 Å². The number of aromatic hydroxyl groups is 1. The van der Waals surface area contributed by atoms with Gasteiger partial charge in [0.15, 0.2) is 0 Å². The highest BCUT2D eigenvalue weighted by molar-refractivity contribution is 5.90. The van der Waals surface area contributed by atoms with E-state index in [2.05, 4.69) is 0 Å². The van der Waals surface area contributed by atoms with Crippen molar-refractivity contribution >= 4 is 22.9 Å². The Morgan fingerprint density at radius 2 is 1.56 bits per heavy atom. The molecular weight excluding hydrogens is 434 g/mol. The molecule has 0 aliphatic carbocycles. The van der Waals surface area contributed by atoms with Crippen molar-refractivity contribution < 1.29 is 15.1 Å². The van der Waals surface area contributed by atoms with Gasteiger partial charge in [-0.2, -0.15) is 0 Å². The van der Waals surface area contributed by atoms with Gasteiger partial charge in [-0.25, -0.2) is 10.3 Å². The monoisotopic (exact) mass is 457 g/mol. The van der Waals surface area contributed by atoms with Crippen molar-refractivity contribution in [2.75, 3.05) is 0 Å². The summed E-state index contributed by atoms with van der Waals surface area (Å²) in [5.41, 5.74) is 3.86. The summed E-state index contributed by atoms with van der Waals surface area (Å²) < 4.78 is 2.83. The highest BCUT2D eigenvalue weighted by atomic mass is 16.5. The van der Waals surface area contributed by atoms with Crippen molar-refractivity contribution in [1.29, 1.82) is 0 Å². The summed E-state index contributed by atoms with van der Waals surface area (Å²) in [6, 6.07) is 21.0. The average molecular weight is 457 g/mol. The first-order valence-corrected chi connectivity index (χ1v) is 10.7. The predicted octanol–water partition coefficient (Wildman–Crippen LogP) is 2.68. The zero-order valence-corrected chi connectivity index (χ0v) is 18.2. The Balaban J connectivity index is 1.67. The molecule has 1 amide bonds. The van der Waals surface area contributed by atoms with Crippen LogP contribution in [0.3, 0.4) is 0 Å². The van der Waals surface area contributed by atoms with Crippen LogP contribution in [0.4, 0.5) is 0 Å². The van der Waals surface area contributed by atoms with E-state index >= 15 is 0 Å². The molecule has 0 aliphatic rings. The van der Waals surface area contributed by atoms with Crippen molar-refractivity contribution in [3.8, 4) is 5.75 Å². The topological polar surface area (TPSA) is 114 Å². The Bertz CT molecular complexity index is 1470. The Hall–Kier alpha value is -4.43. The van der Waals surface area contributed by atoms with Crippen LogP contribution in [0, 0.1) is 0 Å². The van der Waals surface area contributed by atoms with Gasteiger partial charge in [-0.15, -0.1) is 0 Å². The number of phenols is 1. The third-order valence-electron chi connectivity index (χ3n) is 5.55. The molecule has 0 saturated carbocycles. The molecule has 0 radical (unpaired) electrons. The summed E-state index contributed by atoms with van der Waals surface area (Å²) >= 11 is 0. The molecule has 8 nitrogen and oxygen atoms in total. The van der Waals surface area contributed by atoms with Crippen molar-refractivity contribution in [3.63, 3.8) is 0 Å². The van der Waals surface area contributed by atoms with Crippen LogP contribution in [0.5, 0.6) is 5.75 Å². The summed E-state index contributed by atoms with van der Waals surface area (Å²) in [6.07, 6.45) is 3.23. The van der Waals surface area contributed by atoms with Crippen LogP contribution in [0.15, 0.2) is 88.5 Å². The molecule has 0 saturated heterocycles. The summed E-state index contributed by atoms with van der Waals surface area (Å²) in [4.78, 5) is 37.6. The minimum absolute atomic E-state index is 0.159. The minimum atomic E-state index is -0.628. The summed E-state index contributed by atoms with van der Waals surface area (Å²) in [5.74, 6) is -0.469. The predicted molar refractivity (Wildman–Crippen MR) is 129 cm³/mol. The van der Waals surface area contributed by atoms with Gasteiger partial charge in [0, 0.05) is 12.6 Å². The zero-order valence-electron chi connectivity index (χ0n) is 18.2.